The van der Waals surface area contributed by atoms with Crippen LogP contribution in [0.4, 0.5) is 4.79 Å². The van der Waals surface area contributed by atoms with Crippen LogP contribution < -0.4 is 10.6 Å². The van der Waals surface area contributed by atoms with Crippen molar-refractivity contribution in [2.75, 3.05) is 6.54 Å². The van der Waals surface area contributed by atoms with Crippen LogP contribution in [0.3, 0.4) is 0 Å². The number of carbonyl (C=O) groups is 1. The largest absolute Gasteiger partial charge is 0.338 e. The van der Waals surface area contributed by atoms with Crippen LogP contribution >= 0.6 is 27.3 Å². The lowest BCUT2D eigenvalue weighted by Gasteiger charge is -2.16. The molecule has 2 aromatic rings. The Hall–Kier alpha value is -1.40. The molecule has 1 aromatic carbocycles. The molecule has 1 aromatic heterocycles. The van der Waals surface area contributed by atoms with Crippen molar-refractivity contribution in [1.29, 1.82) is 0 Å². The Morgan fingerprint density at radius 1 is 1.33 bits per heavy atom. The highest BCUT2D eigenvalue weighted by molar-refractivity contribution is 9.10. The third-order valence-electron chi connectivity index (χ3n) is 3.66. The molecule has 0 saturated carbocycles. The maximum Gasteiger partial charge on any atom is 0.315 e. The molecule has 0 fully saturated rings. The number of rotatable bonds is 5. The minimum Gasteiger partial charge on any atom is -0.338 e. The first-order chi connectivity index (χ1) is 11.3. The summed E-state index contributed by atoms with van der Waals surface area (Å²) >= 11 is 5.16. The number of hydrogen-bond donors (Lipinski definition) is 2. The first-order valence-corrected chi connectivity index (χ1v) is 9.68. The van der Waals surface area contributed by atoms with Crippen molar-refractivity contribution < 1.29 is 4.79 Å². The van der Waals surface area contributed by atoms with Crippen LogP contribution in [-0.4, -0.2) is 17.6 Å². The smallest absolute Gasteiger partial charge is 0.315 e. The van der Waals surface area contributed by atoms with Crippen molar-refractivity contribution >= 4 is 33.3 Å². The molecule has 0 saturated heterocycles. The van der Waals surface area contributed by atoms with Crippen LogP contribution in [0.2, 0.25) is 0 Å². The molecule has 1 atom stereocenters. The molecule has 4 nitrogen and oxygen atoms in total. The summed E-state index contributed by atoms with van der Waals surface area (Å²) in [6.07, 6.45) is 0.748. The number of hydrogen-bond acceptors (Lipinski definition) is 3. The summed E-state index contributed by atoms with van der Waals surface area (Å²) in [4.78, 5) is 16.7. The van der Waals surface area contributed by atoms with E-state index in [2.05, 4.69) is 57.7 Å². The molecule has 0 radical (unpaired) electrons. The fourth-order valence-electron chi connectivity index (χ4n) is 2.20. The second kappa shape index (κ2) is 8.12. The van der Waals surface area contributed by atoms with E-state index in [-0.39, 0.29) is 17.5 Å². The van der Waals surface area contributed by atoms with Gasteiger partial charge in [0.25, 0.3) is 0 Å². The Labute approximate surface area is 156 Å². The van der Waals surface area contributed by atoms with Gasteiger partial charge in [0.15, 0.2) is 0 Å². The maximum atomic E-state index is 12.0. The zero-order chi connectivity index (χ0) is 17.7. The van der Waals surface area contributed by atoms with E-state index in [0.717, 1.165) is 27.2 Å². The lowest BCUT2D eigenvalue weighted by atomic mass is 9.93. The number of urea groups is 1. The summed E-state index contributed by atoms with van der Waals surface area (Å²) in [5, 5.41) is 9.01. The molecule has 0 aliphatic rings. The quantitative estimate of drug-likeness (QED) is 0.744. The first kappa shape index (κ1) is 18.9. The van der Waals surface area contributed by atoms with Gasteiger partial charge in [-0.1, -0.05) is 54.9 Å². The lowest BCUT2D eigenvalue weighted by Crippen LogP contribution is -2.38. The van der Waals surface area contributed by atoms with Gasteiger partial charge < -0.3 is 10.6 Å². The van der Waals surface area contributed by atoms with E-state index >= 15 is 0 Å². The Bertz CT molecular complexity index is 694. The van der Waals surface area contributed by atoms with E-state index in [1.807, 2.05) is 31.2 Å². The topological polar surface area (TPSA) is 54.0 Å². The fraction of sp³-hybridized carbons (Fsp3) is 0.444. The van der Waals surface area contributed by atoms with Crippen molar-refractivity contribution in [2.45, 2.75) is 45.6 Å². The molecular weight excluding hydrogens is 386 g/mol. The van der Waals surface area contributed by atoms with Crippen molar-refractivity contribution in [3.63, 3.8) is 0 Å². The minimum absolute atomic E-state index is 0.0621. The minimum atomic E-state index is -0.161. The predicted octanol–water partition coefficient (Wildman–Crippen LogP) is 4.81. The molecule has 2 rings (SSSR count). The highest BCUT2D eigenvalue weighted by atomic mass is 79.9. The number of amides is 2. The molecule has 0 aliphatic heterocycles. The highest BCUT2D eigenvalue weighted by Gasteiger charge is 2.17. The summed E-state index contributed by atoms with van der Waals surface area (Å²) in [6, 6.07) is 7.67. The van der Waals surface area contributed by atoms with Crippen LogP contribution in [0.5, 0.6) is 0 Å². The summed E-state index contributed by atoms with van der Waals surface area (Å²) < 4.78 is 0.996. The molecule has 1 unspecified atom stereocenters. The third-order valence-corrected chi connectivity index (χ3v) is 5.29. The average molecular weight is 410 g/mol. The van der Waals surface area contributed by atoms with E-state index < -0.39 is 0 Å². The Balaban J connectivity index is 1.79. The summed E-state index contributed by atoms with van der Waals surface area (Å²) in [5.74, 6) is 0. The zero-order valence-electron chi connectivity index (χ0n) is 14.5. The van der Waals surface area contributed by atoms with Gasteiger partial charge in [-0.25, -0.2) is 9.78 Å². The fourth-order valence-corrected chi connectivity index (χ4v) is 3.86. The van der Waals surface area contributed by atoms with E-state index in [1.54, 1.807) is 11.3 Å². The predicted molar refractivity (Wildman–Crippen MR) is 104 cm³/mol. The number of benzene rings is 1. The molecule has 0 spiro atoms. The summed E-state index contributed by atoms with van der Waals surface area (Å²) in [5.41, 5.74) is 2.23. The van der Waals surface area contributed by atoms with Gasteiger partial charge in [-0.15, -0.1) is 11.3 Å². The molecule has 0 aliphatic carbocycles. The molecule has 1 heterocycles. The SMILES string of the molecule is CC(NC(=O)NCCc1nc(C(C)(C)C)cs1)c1ccccc1Br. The van der Waals surface area contributed by atoms with E-state index in [1.165, 1.54) is 0 Å². The van der Waals surface area contributed by atoms with Gasteiger partial charge in [-0.2, -0.15) is 0 Å². The van der Waals surface area contributed by atoms with Gasteiger partial charge in [-0.3, -0.25) is 0 Å². The number of nitrogens with one attached hydrogen (secondary N) is 2. The summed E-state index contributed by atoms with van der Waals surface area (Å²) in [7, 11) is 0. The lowest BCUT2D eigenvalue weighted by molar-refractivity contribution is 0.238. The molecule has 2 amide bonds. The molecule has 6 heteroatoms. The molecule has 130 valence electrons. The molecular formula is C18H24BrN3OS. The number of nitrogens with zero attached hydrogens (tertiary/aromatic N) is 1. The average Bonchev–Trinajstić information content (AvgIpc) is 2.96. The van der Waals surface area contributed by atoms with E-state index in [9.17, 15) is 4.79 Å². The van der Waals surface area contributed by atoms with Gasteiger partial charge in [0.2, 0.25) is 0 Å². The van der Waals surface area contributed by atoms with E-state index in [0.29, 0.717) is 6.54 Å². The second-order valence-electron chi connectivity index (χ2n) is 6.77. The third kappa shape index (κ3) is 5.31. The van der Waals surface area contributed by atoms with Crippen LogP contribution in [0, 0.1) is 0 Å². The van der Waals surface area contributed by atoms with Crippen LogP contribution in [0.15, 0.2) is 34.1 Å². The number of carbonyl (C=O) groups excluding carboxylic acids is 1. The van der Waals surface area contributed by atoms with Crippen molar-refractivity contribution in [3.05, 3.63) is 50.4 Å². The Morgan fingerprint density at radius 2 is 2.04 bits per heavy atom. The number of thiazole rings is 1. The maximum absolute atomic E-state index is 12.0. The van der Waals surface area contributed by atoms with Gasteiger partial charge in [0.05, 0.1) is 16.7 Å². The second-order valence-corrected chi connectivity index (χ2v) is 8.57. The summed E-state index contributed by atoms with van der Waals surface area (Å²) in [6.45, 7) is 9.00. The van der Waals surface area contributed by atoms with Gasteiger partial charge in [0.1, 0.15) is 0 Å². The van der Waals surface area contributed by atoms with Crippen molar-refractivity contribution in [3.8, 4) is 0 Å². The van der Waals surface area contributed by atoms with Crippen LogP contribution in [-0.2, 0) is 11.8 Å². The van der Waals surface area contributed by atoms with Gasteiger partial charge in [-0.05, 0) is 18.6 Å². The Kier molecular flexibility index (Phi) is 6.40. The van der Waals surface area contributed by atoms with Crippen LogP contribution in [0.25, 0.3) is 0 Å². The molecule has 0 bridgehead atoms. The van der Waals surface area contributed by atoms with Crippen molar-refractivity contribution in [2.24, 2.45) is 0 Å². The highest BCUT2D eigenvalue weighted by Crippen LogP contribution is 2.24. The number of aromatic nitrogens is 1. The molecule has 2 N–H and O–H groups in total. The first-order valence-electron chi connectivity index (χ1n) is 8.01. The van der Waals surface area contributed by atoms with Gasteiger partial charge in [0, 0.05) is 28.2 Å². The monoisotopic (exact) mass is 409 g/mol. The van der Waals surface area contributed by atoms with Crippen molar-refractivity contribution in [1.82, 2.24) is 15.6 Å². The Morgan fingerprint density at radius 3 is 2.67 bits per heavy atom. The number of halogens is 1. The van der Waals surface area contributed by atoms with Crippen LogP contribution in [0.1, 0.15) is 50.0 Å². The standard InChI is InChI=1S/C18H24BrN3OS/c1-12(13-7-5-6-8-14(13)19)21-17(23)20-10-9-16-22-15(11-24-16)18(2,3)4/h5-8,11-12H,9-10H2,1-4H3,(H2,20,21,23). The normalized spacial score (nSPS) is 12.7. The van der Waals surface area contributed by atoms with E-state index in [4.69, 9.17) is 0 Å². The van der Waals surface area contributed by atoms with Gasteiger partial charge >= 0.3 is 6.03 Å². The molecule has 24 heavy (non-hydrogen) atoms. The zero-order valence-corrected chi connectivity index (χ0v) is 16.9.